The van der Waals surface area contributed by atoms with E-state index in [1.165, 1.54) is 5.56 Å². The Bertz CT molecular complexity index is 146. The molecule has 0 spiro atoms. The number of thiol groups is 1. The summed E-state index contributed by atoms with van der Waals surface area (Å²) >= 11 is 4.11. The van der Waals surface area contributed by atoms with Gasteiger partial charge in [0.2, 0.25) is 0 Å². The van der Waals surface area contributed by atoms with E-state index in [-0.39, 0.29) is 0 Å². The van der Waals surface area contributed by atoms with Crippen LogP contribution < -0.4 is 0 Å². The van der Waals surface area contributed by atoms with Gasteiger partial charge in [0.1, 0.15) is 0 Å². The van der Waals surface area contributed by atoms with Crippen molar-refractivity contribution < 1.29 is 0 Å². The van der Waals surface area contributed by atoms with E-state index < -0.39 is 0 Å². The van der Waals surface area contributed by atoms with Crippen molar-refractivity contribution in [3.8, 4) is 0 Å². The van der Waals surface area contributed by atoms with Crippen molar-refractivity contribution >= 4 is 12.6 Å². The molecule has 1 aromatic carbocycles. The highest BCUT2D eigenvalue weighted by Gasteiger charge is 1.80. The summed E-state index contributed by atoms with van der Waals surface area (Å²) in [5, 5.41) is 0. The van der Waals surface area contributed by atoms with Crippen LogP contribution in [0.15, 0.2) is 30.3 Å². The third-order valence-corrected chi connectivity index (χ3v) is 1.39. The first-order valence-corrected chi connectivity index (χ1v) is 3.21. The van der Waals surface area contributed by atoms with Gasteiger partial charge in [-0.2, -0.15) is 12.6 Å². The van der Waals surface area contributed by atoms with Gasteiger partial charge in [0, 0.05) is 5.75 Å². The third-order valence-electron chi connectivity index (χ3n) is 1.03. The van der Waals surface area contributed by atoms with Gasteiger partial charge in [-0.1, -0.05) is 30.3 Å². The van der Waals surface area contributed by atoms with Crippen LogP contribution in [0.25, 0.3) is 0 Å². The van der Waals surface area contributed by atoms with Crippen molar-refractivity contribution in [2.24, 2.45) is 0 Å². The lowest BCUT2D eigenvalue weighted by Crippen LogP contribution is -1.71. The minimum absolute atomic E-state index is 0.834. The largest absolute Gasteiger partial charge is 0.175 e. The number of hydrogen-bond donors (Lipinski definition) is 1. The summed E-state index contributed by atoms with van der Waals surface area (Å²) in [4.78, 5) is 0. The molecule has 42 valence electrons. The second kappa shape index (κ2) is 2.78. The lowest BCUT2D eigenvalue weighted by molar-refractivity contribution is 1.43. The van der Waals surface area contributed by atoms with E-state index in [1.54, 1.807) is 0 Å². The van der Waals surface area contributed by atoms with Crippen molar-refractivity contribution in [2.45, 2.75) is 5.75 Å². The van der Waals surface area contributed by atoms with Crippen LogP contribution in [0, 0.1) is 0 Å². The average molecular weight is 130 g/mol. The van der Waals surface area contributed by atoms with Crippen molar-refractivity contribution in [3.63, 3.8) is 0 Å². The predicted molar refractivity (Wildman–Crippen MR) is 39.1 cm³/mol. The van der Waals surface area contributed by atoms with E-state index in [0.29, 0.717) is 0 Å². The van der Waals surface area contributed by atoms with E-state index in [4.69, 9.17) is 0 Å². The van der Waals surface area contributed by atoms with Crippen LogP contribution in [0.5, 0.6) is 0 Å². The molecule has 0 saturated carbocycles. The molecule has 1 aromatic rings. The molecule has 0 saturated heterocycles. The zero-order valence-corrected chi connectivity index (χ0v) is 5.44. The number of benzene rings is 1. The van der Waals surface area contributed by atoms with E-state index in [9.17, 15) is 0 Å². The van der Waals surface area contributed by atoms with Gasteiger partial charge in [0.15, 0.2) is 0 Å². The minimum atomic E-state index is 0.834. The summed E-state index contributed by atoms with van der Waals surface area (Å²) in [7, 11) is 0. The molecule has 0 fully saturated rings. The Morgan fingerprint density at radius 1 is 1.12 bits per heavy atom. The Morgan fingerprint density at radius 3 is 2.12 bits per heavy atom. The molecule has 0 unspecified atom stereocenters. The molecule has 0 bridgehead atoms. The van der Waals surface area contributed by atoms with Crippen LogP contribution in [0.2, 0.25) is 0 Å². The summed E-state index contributed by atoms with van der Waals surface area (Å²) in [6.45, 7) is 0. The van der Waals surface area contributed by atoms with Crippen LogP contribution in [0.4, 0.5) is 0 Å². The lowest BCUT2D eigenvalue weighted by Gasteiger charge is -1.89. The monoisotopic (exact) mass is 130 g/mol. The van der Waals surface area contributed by atoms with Gasteiger partial charge in [-0.3, -0.25) is 0 Å². The fraction of sp³-hybridized carbons (Fsp3) is 0.143. The van der Waals surface area contributed by atoms with Crippen LogP contribution in [0.1, 0.15) is 5.56 Å². The molecule has 0 radical (unpaired) electrons. The second-order valence-electron chi connectivity index (χ2n) is 1.64. The first-order valence-electron chi connectivity index (χ1n) is 2.58. The van der Waals surface area contributed by atoms with Gasteiger partial charge < -0.3 is 0 Å². The zero-order chi connectivity index (χ0) is 5.82. The fourth-order valence-corrected chi connectivity index (χ4v) is 0.794. The Morgan fingerprint density at radius 2 is 1.75 bits per heavy atom. The van der Waals surface area contributed by atoms with Crippen molar-refractivity contribution in [2.75, 3.05) is 0 Å². The minimum Gasteiger partial charge on any atom is -0.175 e. The Balaban J connectivity index is 2.83. The molecule has 8 heavy (non-hydrogen) atoms. The predicted octanol–water partition coefficient (Wildman–Crippen LogP) is 2.12. The van der Waals surface area contributed by atoms with Gasteiger partial charge in [-0.15, -0.1) is 0 Å². The van der Waals surface area contributed by atoms with Crippen molar-refractivity contribution in [1.82, 2.24) is 0 Å². The van der Waals surface area contributed by atoms with Crippen LogP contribution >= 0.6 is 12.6 Å². The van der Waals surface area contributed by atoms with Crippen LogP contribution in [-0.2, 0) is 5.75 Å². The maximum absolute atomic E-state index is 4.11. The maximum atomic E-state index is 4.11. The molecule has 0 heterocycles. The highest BCUT2D eigenvalue weighted by Crippen LogP contribution is 2.00. The molecule has 0 amide bonds. The van der Waals surface area contributed by atoms with E-state index in [0.717, 1.165) is 5.75 Å². The highest BCUT2D eigenvalue weighted by molar-refractivity contribution is 7.79. The second-order valence-corrected chi connectivity index (χ2v) is 1.96. The first-order chi connectivity index (χ1) is 3.93. The molecular weight excluding hydrogens is 122 g/mol. The Hall–Kier alpha value is -0.430. The van der Waals surface area contributed by atoms with E-state index >= 15 is 0 Å². The van der Waals surface area contributed by atoms with Gasteiger partial charge in [-0.05, 0) is 5.56 Å². The van der Waals surface area contributed by atoms with Gasteiger partial charge in [-0.25, -0.2) is 0 Å². The number of hydrogen-bond acceptors (Lipinski definition) is 1. The standard InChI is InChI=1S/C7H8S/c8-6-7-4-2-1-3-5-7/h1-5,8H,6H2/i1+1,2+1,3+1,4+1,5+1,7+1. The molecular formula is C7H8S. The molecule has 1 rings (SSSR count). The Kier molecular flexibility index (Phi) is 1.98. The zero-order valence-electron chi connectivity index (χ0n) is 4.54. The van der Waals surface area contributed by atoms with Gasteiger partial charge >= 0.3 is 0 Å². The summed E-state index contributed by atoms with van der Waals surface area (Å²) in [5.74, 6) is 0.834. The molecule has 0 N–H and O–H groups in total. The third kappa shape index (κ3) is 1.27. The van der Waals surface area contributed by atoms with Gasteiger partial charge in [0.25, 0.3) is 0 Å². The highest BCUT2D eigenvalue weighted by atomic mass is 32.1. The molecule has 0 aliphatic carbocycles. The molecule has 0 atom stereocenters. The summed E-state index contributed by atoms with van der Waals surface area (Å²) in [6.07, 6.45) is 0. The van der Waals surface area contributed by atoms with Crippen molar-refractivity contribution in [3.05, 3.63) is 35.9 Å². The molecule has 0 aliphatic rings. The summed E-state index contributed by atoms with van der Waals surface area (Å²) in [5.41, 5.74) is 1.27. The molecule has 1 heteroatoms. The quantitative estimate of drug-likeness (QED) is 0.553. The van der Waals surface area contributed by atoms with Crippen LogP contribution in [0.3, 0.4) is 0 Å². The molecule has 0 nitrogen and oxygen atoms in total. The molecule has 0 aliphatic heterocycles. The van der Waals surface area contributed by atoms with Crippen molar-refractivity contribution in [1.29, 1.82) is 0 Å². The maximum Gasteiger partial charge on any atom is 0.0154 e. The smallest absolute Gasteiger partial charge is 0.0154 e. The van der Waals surface area contributed by atoms with Gasteiger partial charge in [0.05, 0.1) is 0 Å². The first kappa shape index (κ1) is 5.70. The summed E-state index contributed by atoms with van der Waals surface area (Å²) in [6, 6.07) is 10.2. The van der Waals surface area contributed by atoms with E-state index in [1.807, 2.05) is 18.2 Å². The van der Waals surface area contributed by atoms with Crippen LogP contribution in [-0.4, -0.2) is 0 Å². The Labute approximate surface area is 55.0 Å². The SMILES string of the molecule is SC[13c]1[13cH][13cH][13cH][13cH][13cH]1. The lowest BCUT2D eigenvalue weighted by atomic mass is 11.0. The average Bonchev–Trinajstić information content (AvgIpc) is 1.90. The molecule has 0 aromatic heterocycles. The van der Waals surface area contributed by atoms with E-state index in [2.05, 4.69) is 24.8 Å². The normalized spacial score (nSPS) is 9.12. The number of rotatable bonds is 1. The summed E-state index contributed by atoms with van der Waals surface area (Å²) < 4.78 is 0. The fourth-order valence-electron chi connectivity index (χ4n) is 0.583. The topological polar surface area (TPSA) is 0 Å².